The first-order chi connectivity index (χ1) is 15.8. The third kappa shape index (κ3) is 8.52. The first-order valence-corrected chi connectivity index (χ1v) is 11.8. The molecule has 2 N–H and O–H groups in total. The maximum atomic E-state index is 5.80. The number of nitrogens with zero attached hydrogens (tertiary/aromatic N) is 2. The van der Waals surface area contributed by atoms with Crippen LogP contribution in [-0.2, 0) is 24.4 Å². The fourth-order valence-electron chi connectivity index (χ4n) is 3.79. The predicted molar refractivity (Wildman–Crippen MR) is 131 cm³/mol. The summed E-state index contributed by atoms with van der Waals surface area (Å²) in [4.78, 5) is 7.28. The van der Waals surface area contributed by atoms with Gasteiger partial charge in [-0.25, -0.2) is 4.99 Å². The average molecular weight is 439 g/mol. The van der Waals surface area contributed by atoms with E-state index in [1.807, 2.05) is 12.1 Å². The number of nitrogens with one attached hydrogen (secondary N) is 2. The van der Waals surface area contributed by atoms with Crippen LogP contribution in [0.25, 0.3) is 0 Å². The molecule has 1 saturated heterocycles. The number of methoxy groups -OCH3 is 1. The van der Waals surface area contributed by atoms with E-state index in [-0.39, 0.29) is 0 Å². The van der Waals surface area contributed by atoms with Crippen LogP contribution in [0.1, 0.15) is 42.9 Å². The van der Waals surface area contributed by atoms with Gasteiger partial charge in [-0.15, -0.1) is 0 Å². The number of rotatable bonds is 12. The van der Waals surface area contributed by atoms with Crippen LogP contribution in [0.3, 0.4) is 0 Å². The lowest BCUT2D eigenvalue weighted by Gasteiger charge is -2.15. The fourth-order valence-corrected chi connectivity index (χ4v) is 3.79. The van der Waals surface area contributed by atoms with Crippen molar-refractivity contribution in [2.24, 2.45) is 4.99 Å². The second kappa shape index (κ2) is 13.8. The lowest BCUT2D eigenvalue weighted by molar-refractivity contribution is 0.172. The Bertz CT molecular complexity index is 817. The molecule has 2 aromatic rings. The number of hydrogen-bond acceptors (Lipinski definition) is 4. The van der Waals surface area contributed by atoms with Crippen molar-refractivity contribution in [2.45, 2.75) is 45.8 Å². The van der Waals surface area contributed by atoms with Crippen molar-refractivity contribution in [1.82, 2.24) is 15.5 Å². The normalized spacial score (nSPS) is 14.5. The molecule has 0 bridgehead atoms. The minimum Gasteiger partial charge on any atom is -0.493 e. The summed E-state index contributed by atoms with van der Waals surface area (Å²) < 4.78 is 10.9. The molecular formula is C26H38N4O2. The van der Waals surface area contributed by atoms with Crippen molar-refractivity contribution in [3.8, 4) is 5.75 Å². The van der Waals surface area contributed by atoms with Crippen LogP contribution in [0, 0.1) is 0 Å². The highest BCUT2D eigenvalue weighted by molar-refractivity contribution is 5.79. The number of hydrogen-bond donors (Lipinski definition) is 2. The van der Waals surface area contributed by atoms with Crippen LogP contribution in [0.2, 0.25) is 0 Å². The quantitative estimate of drug-likeness (QED) is 0.299. The number of aliphatic imine (C=N–C) groups is 1. The first-order valence-electron chi connectivity index (χ1n) is 11.8. The van der Waals surface area contributed by atoms with Gasteiger partial charge in [0, 0.05) is 39.8 Å². The predicted octanol–water partition coefficient (Wildman–Crippen LogP) is 3.95. The molecule has 0 saturated carbocycles. The fraction of sp³-hybridized carbons (Fsp3) is 0.500. The zero-order valence-corrected chi connectivity index (χ0v) is 19.6. The summed E-state index contributed by atoms with van der Waals surface area (Å²) in [6.45, 7) is 9.14. The molecule has 1 aliphatic heterocycles. The lowest BCUT2D eigenvalue weighted by atomic mass is 10.1. The molecule has 1 heterocycles. The van der Waals surface area contributed by atoms with E-state index in [2.05, 4.69) is 58.9 Å². The Balaban J connectivity index is 1.49. The highest BCUT2D eigenvalue weighted by Gasteiger charge is 2.11. The van der Waals surface area contributed by atoms with Gasteiger partial charge < -0.3 is 20.1 Å². The number of ether oxygens (including phenoxy) is 2. The summed E-state index contributed by atoms with van der Waals surface area (Å²) in [6, 6.07) is 17.1. The smallest absolute Gasteiger partial charge is 0.191 e. The molecule has 32 heavy (non-hydrogen) atoms. The second-order valence-electron chi connectivity index (χ2n) is 8.19. The van der Waals surface area contributed by atoms with Gasteiger partial charge in [-0.05, 0) is 61.7 Å². The van der Waals surface area contributed by atoms with Crippen LogP contribution in [-0.4, -0.2) is 50.8 Å². The number of guanidine groups is 1. The van der Waals surface area contributed by atoms with E-state index >= 15 is 0 Å². The standard InChI is InChI=1S/C26H38N4O2/c1-3-27-26(29-20-24-8-6-9-25(18-24)32-17-7-16-31-2)28-19-22-10-12-23(13-11-22)21-30-14-4-5-15-30/h6,8-13,18H,3-5,7,14-17,19-21H2,1-2H3,(H2,27,28,29). The zero-order valence-electron chi connectivity index (χ0n) is 19.6. The molecule has 174 valence electrons. The molecule has 0 aromatic heterocycles. The summed E-state index contributed by atoms with van der Waals surface area (Å²) in [5.41, 5.74) is 3.77. The summed E-state index contributed by atoms with van der Waals surface area (Å²) in [5, 5.41) is 6.78. The number of benzene rings is 2. The van der Waals surface area contributed by atoms with E-state index < -0.39 is 0 Å². The van der Waals surface area contributed by atoms with Crippen LogP contribution in [0.5, 0.6) is 5.75 Å². The molecule has 0 radical (unpaired) electrons. The van der Waals surface area contributed by atoms with Gasteiger partial charge in [0.05, 0.1) is 13.2 Å². The molecular weight excluding hydrogens is 400 g/mol. The highest BCUT2D eigenvalue weighted by atomic mass is 16.5. The van der Waals surface area contributed by atoms with Gasteiger partial charge in [0.2, 0.25) is 0 Å². The third-order valence-electron chi connectivity index (χ3n) is 5.51. The molecule has 1 aliphatic rings. The van der Waals surface area contributed by atoms with E-state index in [9.17, 15) is 0 Å². The van der Waals surface area contributed by atoms with Crippen molar-refractivity contribution in [3.05, 3.63) is 65.2 Å². The summed E-state index contributed by atoms with van der Waals surface area (Å²) in [5.74, 6) is 1.70. The van der Waals surface area contributed by atoms with E-state index in [4.69, 9.17) is 14.5 Å². The summed E-state index contributed by atoms with van der Waals surface area (Å²) >= 11 is 0. The van der Waals surface area contributed by atoms with Crippen molar-refractivity contribution in [1.29, 1.82) is 0 Å². The molecule has 3 rings (SSSR count). The van der Waals surface area contributed by atoms with Gasteiger partial charge in [0.15, 0.2) is 5.96 Å². The van der Waals surface area contributed by atoms with Crippen molar-refractivity contribution in [2.75, 3.05) is 40.0 Å². The van der Waals surface area contributed by atoms with Crippen molar-refractivity contribution < 1.29 is 9.47 Å². The minimum atomic E-state index is 0.597. The van der Waals surface area contributed by atoms with Gasteiger partial charge in [-0.1, -0.05) is 36.4 Å². The van der Waals surface area contributed by atoms with Crippen LogP contribution >= 0.6 is 0 Å². The molecule has 0 unspecified atom stereocenters. The molecule has 0 amide bonds. The maximum Gasteiger partial charge on any atom is 0.191 e. The maximum absolute atomic E-state index is 5.80. The molecule has 0 aliphatic carbocycles. The Morgan fingerprint density at radius 1 is 0.969 bits per heavy atom. The molecule has 1 fully saturated rings. The van der Waals surface area contributed by atoms with E-state index in [0.717, 1.165) is 43.3 Å². The molecule has 6 heteroatoms. The van der Waals surface area contributed by atoms with Crippen LogP contribution < -0.4 is 15.4 Å². The summed E-state index contributed by atoms with van der Waals surface area (Å²) in [6.07, 6.45) is 3.55. The third-order valence-corrected chi connectivity index (χ3v) is 5.51. The molecule has 6 nitrogen and oxygen atoms in total. The highest BCUT2D eigenvalue weighted by Crippen LogP contribution is 2.15. The summed E-state index contributed by atoms with van der Waals surface area (Å²) in [7, 11) is 1.71. The largest absolute Gasteiger partial charge is 0.493 e. The zero-order chi connectivity index (χ0) is 22.4. The van der Waals surface area contributed by atoms with E-state index in [1.54, 1.807) is 7.11 Å². The van der Waals surface area contributed by atoms with Crippen molar-refractivity contribution in [3.63, 3.8) is 0 Å². The van der Waals surface area contributed by atoms with Gasteiger partial charge in [0.1, 0.15) is 5.75 Å². The SMILES string of the molecule is CCNC(=NCc1cccc(OCCCOC)c1)NCc1ccc(CN2CCCC2)cc1. The Hall–Kier alpha value is -2.57. The monoisotopic (exact) mass is 438 g/mol. The van der Waals surface area contributed by atoms with Gasteiger partial charge >= 0.3 is 0 Å². The molecule has 2 aromatic carbocycles. The Morgan fingerprint density at radius 2 is 1.75 bits per heavy atom. The Labute approximate surface area is 193 Å². The van der Waals surface area contributed by atoms with Gasteiger partial charge in [-0.3, -0.25) is 4.90 Å². The molecule has 0 spiro atoms. The second-order valence-corrected chi connectivity index (χ2v) is 8.19. The first kappa shape index (κ1) is 24.1. The lowest BCUT2D eigenvalue weighted by Crippen LogP contribution is -2.36. The van der Waals surface area contributed by atoms with E-state index in [1.165, 1.54) is 37.1 Å². The van der Waals surface area contributed by atoms with Crippen LogP contribution in [0.4, 0.5) is 0 Å². The Morgan fingerprint density at radius 3 is 2.50 bits per heavy atom. The Kier molecular flexibility index (Phi) is 10.4. The van der Waals surface area contributed by atoms with Crippen molar-refractivity contribution >= 4 is 5.96 Å². The number of likely N-dealkylation sites (tertiary alicyclic amines) is 1. The van der Waals surface area contributed by atoms with E-state index in [0.29, 0.717) is 19.8 Å². The van der Waals surface area contributed by atoms with Crippen LogP contribution in [0.15, 0.2) is 53.5 Å². The molecule has 0 atom stereocenters. The average Bonchev–Trinajstić information content (AvgIpc) is 3.33. The van der Waals surface area contributed by atoms with Gasteiger partial charge in [-0.2, -0.15) is 0 Å². The minimum absolute atomic E-state index is 0.597. The van der Waals surface area contributed by atoms with Gasteiger partial charge in [0.25, 0.3) is 0 Å². The topological polar surface area (TPSA) is 58.1 Å².